The van der Waals surface area contributed by atoms with Gasteiger partial charge in [-0.25, -0.2) is 13.6 Å². The van der Waals surface area contributed by atoms with E-state index in [1.807, 2.05) is 0 Å². The van der Waals surface area contributed by atoms with Crippen LogP contribution in [0.15, 0.2) is 36.4 Å². The third-order valence-electron chi connectivity index (χ3n) is 3.03. The first kappa shape index (κ1) is 15.3. The fourth-order valence-electron chi connectivity index (χ4n) is 1.89. The highest BCUT2D eigenvalue weighted by atomic mass is 35.5. The molecular weight excluding hydrogens is 300 g/mol. The average molecular weight is 312 g/mol. The van der Waals surface area contributed by atoms with Crippen LogP contribution in [0.2, 0.25) is 5.02 Å². The zero-order valence-corrected chi connectivity index (χ0v) is 11.8. The summed E-state index contributed by atoms with van der Waals surface area (Å²) < 4.78 is 27.0. The van der Waals surface area contributed by atoms with Crippen molar-refractivity contribution in [2.75, 3.05) is 5.32 Å². The van der Waals surface area contributed by atoms with Crippen LogP contribution in [0.5, 0.6) is 0 Å². The van der Waals surface area contributed by atoms with Crippen LogP contribution in [0.25, 0.3) is 0 Å². The molecule has 0 aliphatic heterocycles. The third kappa shape index (κ3) is 3.49. The summed E-state index contributed by atoms with van der Waals surface area (Å²) in [6.45, 7) is 1.77. The summed E-state index contributed by atoms with van der Waals surface area (Å²) in [6.07, 6.45) is 0. The number of rotatable bonds is 4. The Kier molecular flexibility index (Phi) is 4.43. The van der Waals surface area contributed by atoms with Crippen molar-refractivity contribution in [3.05, 3.63) is 64.2 Å². The van der Waals surface area contributed by atoms with Crippen molar-refractivity contribution in [1.82, 2.24) is 0 Å². The maximum atomic E-state index is 13.7. The van der Waals surface area contributed by atoms with Crippen molar-refractivity contribution in [2.24, 2.45) is 0 Å². The molecule has 0 aliphatic rings. The lowest BCUT2D eigenvalue weighted by Crippen LogP contribution is -2.10. The monoisotopic (exact) mass is 311 g/mol. The first-order chi connectivity index (χ1) is 9.88. The molecule has 0 bridgehead atoms. The van der Waals surface area contributed by atoms with Gasteiger partial charge >= 0.3 is 5.97 Å². The molecule has 0 aromatic heterocycles. The molecule has 6 heteroatoms. The van der Waals surface area contributed by atoms with Gasteiger partial charge in [0.05, 0.1) is 11.3 Å². The highest BCUT2D eigenvalue weighted by molar-refractivity contribution is 6.30. The molecule has 0 heterocycles. The van der Waals surface area contributed by atoms with Gasteiger partial charge in [0.2, 0.25) is 0 Å². The minimum atomic E-state index is -1.45. The number of nitrogens with one attached hydrogen (secondary N) is 1. The van der Waals surface area contributed by atoms with Gasteiger partial charge in [-0.2, -0.15) is 0 Å². The van der Waals surface area contributed by atoms with E-state index in [4.69, 9.17) is 16.7 Å². The molecule has 3 nitrogen and oxygen atoms in total. The van der Waals surface area contributed by atoms with E-state index in [0.29, 0.717) is 11.1 Å². The van der Waals surface area contributed by atoms with Gasteiger partial charge in [0, 0.05) is 17.1 Å². The highest BCUT2D eigenvalue weighted by Crippen LogP contribution is 2.25. The molecule has 1 unspecified atom stereocenters. The molecule has 0 fully saturated rings. The van der Waals surface area contributed by atoms with Crippen LogP contribution >= 0.6 is 11.6 Å². The van der Waals surface area contributed by atoms with Crippen molar-refractivity contribution >= 4 is 23.3 Å². The SMILES string of the molecule is CC(Nc1cc(C(=O)O)c(F)cc1F)c1ccc(Cl)cc1. The van der Waals surface area contributed by atoms with E-state index in [1.54, 1.807) is 31.2 Å². The lowest BCUT2D eigenvalue weighted by Gasteiger charge is -2.17. The van der Waals surface area contributed by atoms with Gasteiger partial charge in [0.25, 0.3) is 0 Å². The van der Waals surface area contributed by atoms with E-state index in [9.17, 15) is 13.6 Å². The van der Waals surface area contributed by atoms with Gasteiger partial charge in [-0.15, -0.1) is 0 Å². The van der Waals surface area contributed by atoms with Crippen LogP contribution < -0.4 is 5.32 Å². The summed E-state index contributed by atoms with van der Waals surface area (Å²) in [5.74, 6) is -3.40. The van der Waals surface area contributed by atoms with Crippen molar-refractivity contribution < 1.29 is 18.7 Å². The van der Waals surface area contributed by atoms with E-state index < -0.39 is 23.2 Å². The number of carbonyl (C=O) groups is 1. The summed E-state index contributed by atoms with van der Waals surface area (Å²) in [4.78, 5) is 10.9. The van der Waals surface area contributed by atoms with Crippen molar-refractivity contribution in [3.63, 3.8) is 0 Å². The maximum absolute atomic E-state index is 13.7. The fraction of sp³-hybridized carbons (Fsp3) is 0.133. The molecular formula is C15H12ClF2NO2. The Balaban J connectivity index is 2.28. The van der Waals surface area contributed by atoms with Gasteiger partial charge in [-0.05, 0) is 30.7 Å². The molecule has 0 aliphatic carbocycles. The molecule has 2 aromatic carbocycles. The number of benzene rings is 2. The van der Waals surface area contributed by atoms with Gasteiger partial charge < -0.3 is 10.4 Å². The van der Waals surface area contributed by atoms with Crippen LogP contribution in [-0.2, 0) is 0 Å². The molecule has 2 N–H and O–H groups in total. The zero-order valence-electron chi connectivity index (χ0n) is 11.0. The quantitative estimate of drug-likeness (QED) is 0.874. The summed E-state index contributed by atoms with van der Waals surface area (Å²) in [6, 6.07) is 8.11. The minimum absolute atomic E-state index is 0.0729. The predicted octanol–water partition coefficient (Wildman–Crippen LogP) is 4.49. The van der Waals surface area contributed by atoms with Gasteiger partial charge in [0.15, 0.2) is 0 Å². The molecule has 1 atom stereocenters. The normalized spacial score (nSPS) is 12.0. The topological polar surface area (TPSA) is 49.3 Å². The minimum Gasteiger partial charge on any atom is -0.478 e. The van der Waals surface area contributed by atoms with Crippen LogP contribution in [-0.4, -0.2) is 11.1 Å². The number of carboxylic acid groups (broad SMARTS) is 1. The lowest BCUT2D eigenvalue weighted by atomic mass is 10.1. The Morgan fingerprint density at radius 1 is 1.19 bits per heavy atom. The van der Waals surface area contributed by atoms with Gasteiger partial charge in [-0.1, -0.05) is 23.7 Å². The Hall–Kier alpha value is -2.14. The summed E-state index contributed by atoms with van der Waals surface area (Å²) in [5.41, 5.74) is 0.179. The van der Waals surface area contributed by atoms with Crippen molar-refractivity contribution in [1.29, 1.82) is 0 Å². The molecule has 0 spiro atoms. The smallest absolute Gasteiger partial charge is 0.338 e. The van der Waals surface area contributed by atoms with Crippen molar-refractivity contribution in [2.45, 2.75) is 13.0 Å². The number of hydrogen-bond donors (Lipinski definition) is 2. The number of halogens is 3. The second-order valence-electron chi connectivity index (χ2n) is 4.53. The first-order valence-electron chi connectivity index (χ1n) is 6.13. The van der Waals surface area contributed by atoms with E-state index in [2.05, 4.69) is 5.32 Å². The van der Waals surface area contributed by atoms with Crippen LogP contribution in [0.1, 0.15) is 28.9 Å². The molecule has 0 saturated heterocycles. The third-order valence-corrected chi connectivity index (χ3v) is 3.28. The lowest BCUT2D eigenvalue weighted by molar-refractivity contribution is 0.0692. The number of anilines is 1. The van der Waals surface area contributed by atoms with Crippen LogP contribution in [0, 0.1) is 11.6 Å². The first-order valence-corrected chi connectivity index (χ1v) is 6.50. The van der Waals surface area contributed by atoms with E-state index >= 15 is 0 Å². The molecule has 2 rings (SSSR count). The molecule has 2 aromatic rings. The predicted molar refractivity (Wildman–Crippen MR) is 76.8 cm³/mol. The Morgan fingerprint density at radius 3 is 2.38 bits per heavy atom. The van der Waals surface area contributed by atoms with E-state index in [-0.39, 0.29) is 11.7 Å². The number of aromatic carboxylic acids is 1. The van der Waals surface area contributed by atoms with Crippen molar-refractivity contribution in [3.8, 4) is 0 Å². The van der Waals surface area contributed by atoms with Gasteiger partial charge in [0.1, 0.15) is 11.6 Å². The van der Waals surface area contributed by atoms with E-state index in [1.165, 1.54) is 0 Å². The second-order valence-corrected chi connectivity index (χ2v) is 4.97. The number of carboxylic acids is 1. The maximum Gasteiger partial charge on any atom is 0.338 e. The summed E-state index contributed by atoms with van der Waals surface area (Å²) >= 11 is 5.79. The second kappa shape index (κ2) is 6.10. The molecule has 0 radical (unpaired) electrons. The molecule has 21 heavy (non-hydrogen) atoms. The molecule has 110 valence electrons. The largest absolute Gasteiger partial charge is 0.478 e. The van der Waals surface area contributed by atoms with Crippen LogP contribution in [0.4, 0.5) is 14.5 Å². The summed E-state index contributed by atoms with van der Waals surface area (Å²) in [7, 11) is 0. The summed E-state index contributed by atoms with van der Waals surface area (Å²) in [5, 5.41) is 12.3. The van der Waals surface area contributed by atoms with Crippen LogP contribution in [0.3, 0.4) is 0 Å². The number of hydrogen-bond acceptors (Lipinski definition) is 2. The molecule has 0 amide bonds. The highest BCUT2D eigenvalue weighted by Gasteiger charge is 2.16. The Bertz CT molecular complexity index is 674. The average Bonchev–Trinajstić information content (AvgIpc) is 2.42. The Morgan fingerprint density at radius 2 is 1.81 bits per heavy atom. The van der Waals surface area contributed by atoms with Gasteiger partial charge in [-0.3, -0.25) is 0 Å². The van der Waals surface area contributed by atoms with E-state index in [0.717, 1.165) is 11.6 Å². The zero-order chi connectivity index (χ0) is 15.6. The molecule has 0 saturated carbocycles. The Labute approximate surface area is 125 Å². The fourth-order valence-corrected chi connectivity index (χ4v) is 2.02. The standard InChI is InChI=1S/C15H12ClF2NO2/c1-8(9-2-4-10(16)5-3-9)19-14-6-11(15(20)21)12(17)7-13(14)18/h2-8,19H,1H3,(H,20,21).